The number of aryl methyl sites for hydroxylation is 1. The second-order valence-electron chi connectivity index (χ2n) is 6.32. The van der Waals surface area contributed by atoms with Gasteiger partial charge in [-0.1, -0.05) is 23.2 Å². The number of hydrogen-bond donors (Lipinski definition) is 2. The summed E-state index contributed by atoms with van der Waals surface area (Å²) in [5, 5.41) is 0.265. The molecular formula is C20H15Cl2FN4O4. The van der Waals surface area contributed by atoms with Crippen LogP contribution in [0.2, 0.25) is 10.0 Å². The molecule has 3 aromatic rings. The van der Waals surface area contributed by atoms with Crippen molar-refractivity contribution in [3.63, 3.8) is 0 Å². The van der Waals surface area contributed by atoms with Crippen LogP contribution in [0.15, 0.2) is 48.9 Å². The molecule has 160 valence electrons. The molecule has 0 aliphatic rings. The van der Waals surface area contributed by atoms with Gasteiger partial charge in [0.1, 0.15) is 5.69 Å². The van der Waals surface area contributed by atoms with Gasteiger partial charge < -0.3 is 9.30 Å². The minimum absolute atomic E-state index is 0.00393. The summed E-state index contributed by atoms with van der Waals surface area (Å²) < 4.78 is 21.1. The number of ketones is 1. The molecule has 2 aromatic carbocycles. The zero-order chi connectivity index (χ0) is 22.5. The molecule has 0 spiro atoms. The third-order valence-corrected chi connectivity index (χ3v) is 4.50. The number of amides is 2. The van der Waals surface area contributed by atoms with Crippen LogP contribution >= 0.6 is 23.2 Å². The molecule has 0 saturated carbocycles. The Morgan fingerprint density at radius 2 is 1.81 bits per heavy atom. The molecule has 0 aliphatic heterocycles. The number of hydrazine groups is 1. The molecule has 1 heterocycles. The van der Waals surface area contributed by atoms with Crippen molar-refractivity contribution in [1.29, 1.82) is 0 Å². The molecule has 0 unspecified atom stereocenters. The molecule has 31 heavy (non-hydrogen) atoms. The smallest absolute Gasteiger partial charge is 0.289 e. The maximum absolute atomic E-state index is 14.4. The van der Waals surface area contributed by atoms with Crippen LogP contribution in [0.5, 0.6) is 5.75 Å². The first-order valence-electron chi connectivity index (χ1n) is 8.74. The number of nitrogens with one attached hydrogen (secondary N) is 2. The van der Waals surface area contributed by atoms with Gasteiger partial charge in [0, 0.05) is 29.4 Å². The van der Waals surface area contributed by atoms with Crippen LogP contribution in [0.4, 0.5) is 4.39 Å². The summed E-state index contributed by atoms with van der Waals surface area (Å²) in [6.07, 6.45) is 2.88. The van der Waals surface area contributed by atoms with Crippen molar-refractivity contribution < 1.29 is 23.5 Å². The first-order valence-corrected chi connectivity index (χ1v) is 9.49. The molecule has 0 fully saturated rings. The highest BCUT2D eigenvalue weighted by Crippen LogP contribution is 2.30. The van der Waals surface area contributed by atoms with Crippen molar-refractivity contribution in [3.8, 4) is 5.75 Å². The number of carbonyl (C=O) groups excluding carboxylic acids is 3. The van der Waals surface area contributed by atoms with E-state index in [1.54, 1.807) is 11.6 Å². The van der Waals surface area contributed by atoms with E-state index in [1.807, 2.05) is 0 Å². The highest BCUT2D eigenvalue weighted by atomic mass is 35.5. The summed E-state index contributed by atoms with van der Waals surface area (Å²) in [5.74, 6) is -3.18. The van der Waals surface area contributed by atoms with Crippen molar-refractivity contribution in [3.05, 3.63) is 81.6 Å². The highest BCUT2D eigenvalue weighted by molar-refractivity contribution is 6.32. The predicted molar refractivity (Wildman–Crippen MR) is 111 cm³/mol. The van der Waals surface area contributed by atoms with Crippen molar-refractivity contribution in [2.24, 2.45) is 7.05 Å². The van der Waals surface area contributed by atoms with Crippen molar-refractivity contribution in [2.75, 3.05) is 6.61 Å². The summed E-state index contributed by atoms with van der Waals surface area (Å²) >= 11 is 11.8. The van der Waals surface area contributed by atoms with Crippen LogP contribution in [0.3, 0.4) is 0 Å². The van der Waals surface area contributed by atoms with Crippen molar-refractivity contribution in [1.82, 2.24) is 20.4 Å². The third kappa shape index (κ3) is 5.59. The molecule has 2 N–H and O–H groups in total. The fraction of sp³-hybridized carbons (Fsp3) is 0.100. The Bertz CT molecular complexity index is 1130. The van der Waals surface area contributed by atoms with Crippen LogP contribution in [0.1, 0.15) is 26.4 Å². The van der Waals surface area contributed by atoms with E-state index in [-0.39, 0.29) is 16.3 Å². The fourth-order valence-corrected chi connectivity index (χ4v) is 2.88. The lowest BCUT2D eigenvalue weighted by atomic mass is 10.0. The van der Waals surface area contributed by atoms with Gasteiger partial charge in [-0.15, -0.1) is 0 Å². The minimum Gasteiger partial charge on any atom is -0.479 e. The zero-order valence-electron chi connectivity index (χ0n) is 16.0. The van der Waals surface area contributed by atoms with Crippen LogP contribution in [-0.2, 0) is 11.8 Å². The Kier molecular flexibility index (Phi) is 6.88. The number of nitrogens with zero attached hydrogens (tertiary/aromatic N) is 2. The van der Waals surface area contributed by atoms with Gasteiger partial charge in [0.15, 0.2) is 24.0 Å². The minimum atomic E-state index is -0.921. The third-order valence-electron chi connectivity index (χ3n) is 3.97. The predicted octanol–water partition coefficient (Wildman–Crippen LogP) is 2.94. The Morgan fingerprint density at radius 3 is 2.42 bits per heavy atom. The maximum Gasteiger partial charge on any atom is 0.289 e. The second-order valence-corrected chi connectivity index (χ2v) is 7.16. The summed E-state index contributed by atoms with van der Waals surface area (Å²) in [6, 6.07) is 8.27. The normalized spacial score (nSPS) is 10.5. The van der Waals surface area contributed by atoms with Crippen molar-refractivity contribution >= 4 is 40.8 Å². The number of rotatable bonds is 6. The molecule has 1 aromatic heterocycles. The van der Waals surface area contributed by atoms with E-state index < -0.39 is 35.8 Å². The lowest BCUT2D eigenvalue weighted by Gasteiger charge is -2.11. The fourth-order valence-electron chi connectivity index (χ4n) is 2.49. The molecule has 8 nitrogen and oxygen atoms in total. The van der Waals surface area contributed by atoms with E-state index in [2.05, 4.69) is 15.8 Å². The first-order chi connectivity index (χ1) is 14.7. The SMILES string of the molecule is Cn1cnc(C(=O)NNC(=O)COc2c(F)cc(C(=O)c3ccc(Cl)cc3)cc2Cl)c1. The summed E-state index contributed by atoms with van der Waals surface area (Å²) in [4.78, 5) is 40.0. The molecule has 0 atom stereocenters. The lowest BCUT2D eigenvalue weighted by Crippen LogP contribution is -2.44. The van der Waals surface area contributed by atoms with Gasteiger partial charge in [-0.3, -0.25) is 25.2 Å². The zero-order valence-corrected chi connectivity index (χ0v) is 17.5. The Hall–Kier alpha value is -3.43. The quantitative estimate of drug-likeness (QED) is 0.431. The monoisotopic (exact) mass is 464 g/mol. The molecule has 0 saturated heterocycles. The molecule has 2 amide bonds. The van der Waals surface area contributed by atoms with Gasteiger partial charge in [0.25, 0.3) is 11.8 Å². The molecule has 0 bridgehead atoms. The second kappa shape index (κ2) is 9.59. The van der Waals surface area contributed by atoms with Crippen LogP contribution in [0.25, 0.3) is 0 Å². The Morgan fingerprint density at radius 1 is 1.10 bits per heavy atom. The highest BCUT2D eigenvalue weighted by Gasteiger charge is 2.18. The number of hydrogen-bond acceptors (Lipinski definition) is 5. The first kappa shape index (κ1) is 22.3. The lowest BCUT2D eigenvalue weighted by molar-refractivity contribution is -0.123. The van der Waals surface area contributed by atoms with E-state index in [9.17, 15) is 18.8 Å². The number of carbonyl (C=O) groups is 3. The molecule has 0 radical (unpaired) electrons. The van der Waals surface area contributed by atoms with Crippen LogP contribution in [-0.4, -0.2) is 33.8 Å². The number of imidazole rings is 1. The number of ether oxygens (including phenoxy) is 1. The molecular weight excluding hydrogens is 450 g/mol. The Balaban J connectivity index is 1.60. The van der Waals surface area contributed by atoms with Crippen LogP contribution < -0.4 is 15.6 Å². The van der Waals surface area contributed by atoms with Gasteiger partial charge in [0.05, 0.1) is 11.3 Å². The average molecular weight is 465 g/mol. The number of aromatic nitrogens is 2. The summed E-state index contributed by atoms with van der Waals surface area (Å²) in [6.45, 7) is -0.635. The number of benzene rings is 2. The van der Waals surface area contributed by atoms with Crippen LogP contribution in [0, 0.1) is 5.82 Å². The van der Waals surface area contributed by atoms with E-state index in [1.165, 1.54) is 42.9 Å². The molecule has 3 rings (SSSR count). The molecule has 11 heteroatoms. The largest absolute Gasteiger partial charge is 0.479 e. The number of halogens is 3. The maximum atomic E-state index is 14.4. The van der Waals surface area contributed by atoms with E-state index in [0.717, 1.165) is 6.07 Å². The van der Waals surface area contributed by atoms with Gasteiger partial charge in [-0.25, -0.2) is 9.37 Å². The van der Waals surface area contributed by atoms with Gasteiger partial charge in [0.2, 0.25) is 0 Å². The van der Waals surface area contributed by atoms with Gasteiger partial charge in [-0.05, 0) is 36.4 Å². The summed E-state index contributed by atoms with van der Waals surface area (Å²) in [7, 11) is 1.68. The average Bonchev–Trinajstić information content (AvgIpc) is 3.17. The Labute approximate surface area is 185 Å². The van der Waals surface area contributed by atoms with Gasteiger partial charge in [-0.2, -0.15) is 0 Å². The van der Waals surface area contributed by atoms with E-state index in [0.29, 0.717) is 10.6 Å². The standard InChI is InChI=1S/C20H15Cl2FN4O4/c1-27-8-16(24-10-27)20(30)26-25-17(28)9-31-19-14(22)6-12(7-15(19)23)18(29)11-2-4-13(21)5-3-11/h2-8,10H,9H2,1H3,(H,25,28)(H,26,30). The van der Waals surface area contributed by atoms with E-state index in [4.69, 9.17) is 27.9 Å². The van der Waals surface area contributed by atoms with Gasteiger partial charge >= 0.3 is 0 Å². The topological polar surface area (TPSA) is 102 Å². The molecule has 0 aliphatic carbocycles. The summed E-state index contributed by atoms with van der Waals surface area (Å²) in [5.41, 5.74) is 4.66. The van der Waals surface area contributed by atoms with Crippen molar-refractivity contribution in [2.45, 2.75) is 0 Å². The van der Waals surface area contributed by atoms with E-state index >= 15 is 0 Å².